The number of aromatic nitrogens is 1. The van der Waals surface area contributed by atoms with Gasteiger partial charge in [-0.2, -0.15) is 0 Å². The van der Waals surface area contributed by atoms with Crippen LogP contribution in [0.1, 0.15) is 25.1 Å². The molecule has 0 aliphatic rings. The molecule has 1 heterocycles. The van der Waals surface area contributed by atoms with Gasteiger partial charge in [0.2, 0.25) is 0 Å². The normalized spacial score (nSPS) is 11.1. The maximum atomic E-state index is 14.1. The number of rotatable bonds is 6. The number of thiazole rings is 1. The van der Waals surface area contributed by atoms with Crippen molar-refractivity contribution in [3.63, 3.8) is 0 Å². The van der Waals surface area contributed by atoms with E-state index in [0.29, 0.717) is 24.7 Å². The lowest BCUT2D eigenvalue weighted by atomic mass is 10.1. The minimum Gasteiger partial charge on any atom is -0.368 e. The number of hydrogen-bond donors (Lipinski definition) is 1. The molecular weight excluding hydrogens is 273 g/mol. The molecule has 0 aliphatic heterocycles. The molecule has 2 aromatic rings. The minimum atomic E-state index is -0.166. The number of nitrogens with zero attached hydrogens (tertiary/aromatic N) is 2. The summed E-state index contributed by atoms with van der Waals surface area (Å²) < 4.78 is 14.1. The maximum Gasteiger partial charge on any atom is 0.129 e. The highest BCUT2D eigenvalue weighted by molar-refractivity contribution is 7.07. The SMILES string of the molecule is CC(C)NCc1c(F)cccc1N(C)Cc1cscn1. The van der Waals surface area contributed by atoms with Gasteiger partial charge in [0.15, 0.2) is 0 Å². The van der Waals surface area contributed by atoms with Crippen LogP contribution in [0.2, 0.25) is 0 Å². The molecule has 0 unspecified atom stereocenters. The fourth-order valence-corrected chi connectivity index (χ4v) is 2.58. The monoisotopic (exact) mass is 293 g/mol. The van der Waals surface area contributed by atoms with Crippen molar-refractivity contribution in [3.05, 3.63) is 46.2 Å². The van der Waals surface area contributed by atoms with E-state index in [9.17, 15) is 4.39 Å². The van der Waals surface area contributed by atoms with Crippen LogP contribution in [0.4, 0.5) is 10.1 Å². The van der Waals surface area contributed by atoms with Crippen molar-refractivity contribution in [2.75, 3.05) is 11.9 Å². The molecule has 108 valence electrons. The van der Waals surface area contributed by atoms with Gasteiger partial charge in [0.05, 0.1) is 17.7 Å². The zero-order chi connectivity index (χ0) is 14.5. The predicted molar refractivity (Wildman–Crippen MR) is 82.6 cm³/mol. The van der Waals surface area contributed by atoms with E-state index in [1.165, 1.54) is 6.07 Å². The molecule has 0 amide bonds. The van der Waals surface area contributed by atoms with Crippen molar-refractivity contribution in [2.24, 2.45) is 0 Å². The van der Waals surface area contributed by atoms with Gasteiger partial charge >= 0.3 is 0 Å². The minimum absolute atomic E-state index is 0.166. The molecule has 5 heteroatoms. The van der Waals surface area contributed by atoms with E-state index in [1.807, 2.05) is 28.9 Å². The highest BCUT2D eigenvalue weighted by Gasteiger charge is 2.13. The van der Waals surface area contributed by atoms with Gasteiger partial charge in [-0.15, -0.1) is 11.3 Å². The third-order valence-electron chi connectivity index (χ3n) is 3.08. The Morgan fingerprint density at radius 1 is 1.40 bits per heavy atom. The molecule has 0 saturated carbocycles. The van der Waals surface area contributed by atoms with E-state index in [-0.39, 0.29) is 5.82 Å². The number of nitrogens with one attached hydrogen (secondary N) is 1. The van der Waals surface area contributed by atoms with E-state index in [0.717, 1.165) is 11.4 Å². The summed E-state index contributed by atoms with van der Waals surface area (Å²) in [7, 11) is 1.97. The van der Waals surface area contributed by atoms with Gasteiger partial charge in [0, 0.05) is 36.3 Å². The standard InChI is InChI=1S/C15H20FN3S/c1-11(2)17-7-13-14(16)5-4-6-15(13)19(3)8-12-9-20-10-18-12/h4-6,9-11,17H,7-8H2,1-3H3. The average Bonchev–Trinajstić information content (AvgIpc) is 2.89. The van der Waals surface area contributed by atoms with Gasteiger partial charge < -0.3 is 10.2 Å². The van der Waals surface area contributed by atoms with Crippen LogP contribution in [0.3, 0.4) is 0 Å². The first-order chi connectivity index (χ1) is 9.58. The van der Waals surface area contributed by atoms with Gasteiger partial charge in [-0.05, 0) is 12.1 Å². The van der Waals surface area contributed by atoms with Crippen molar-refractivity contribution < 1.29 is 4.39 Å². The summed E-state index contributed by atoms with van der Waals surface area (Å²) in [5, 5.41) is 5.29. The van der Waals surface area contributed by atoms with Crippen molar-refractivity contribution in [3.8, 4) is 0 Å². The van der Waals surface area contributed by atoms with Gasteiger partial charge in [-0.3, -0.25) is 0 Å². The Morgan fingerprint density at radius 3 is 2.85 bits per heavy atom. The Kier molecular flexibility index (Phi) is 5.09. The fourth-order valence-electron chi connectivity index (χ4n) is 2.03. The Morgan fingerprint density at radius 2 is 2.20 bits per heavy atom. The van der Waals surface area contributed by atoms with Gasteiger partial charge in [0.1, 0.15) is 5.82 Å². The molecule has 1 aromatic carbocycles. The van der Waals surface area contributed by atoms with Crippen LogP contribution in [-0.4, -0.2) is 18.1 Å². The van der Waals surface area contributed by atoms with Crippen molar-refractivity contribution in [2.45, 2.75) is 33.0 Å². The zero-order valence-corrected chi connectivity index (χ0v) is 12.9. The predicted octanol–water partition coefficient (Wildman–Crippen LogP) is 3.42. The molecule has 1 N–H and O–H groups in total. The van der Waals surface area contributed by atoms with Gasteiger partial charge in [-0.1, -0.05) is 19.9 Å². The van der Waals surface area contributed by atoms with Gasteiger partial charge in [-0.25, -0.2) is 9.37 Å². The maximum absolute atomic E-state index is 14.1. The Bertz CT molecular complexity index is 540. The molecular formula is C15H20FN3S. The Balaban J connectivity index is 2.19. The summed E-state index contributed by atoms with van der Waals surface area (Å²) >= 11 is 1.57. The summed E-state index contributed by atoms with van der Waals surface area (Å²) in [6, 6.07) is 5.54. The van der Waals surface area contributed by atoms with E-state index in [2.05, 4.69) is 24.1 Å². The number of hydrogen-bond acceptors (Lipinski definition) is 4. The van der Waals surface area contributed by atoms with Crippen LogP contribution in [0.15, 0.2) is 29.1 Å². The largest absolute Gasteiger partial charge is 0.368 e. The molecule has 0 spiro atoms. The smallest absolute Gasteiger partial charge is 0.129 e. The highest BCUT2D eigenvalue weighted by Crippen LogP contribution is 2.24. The number of benzene rings is 1. The van der Waals surface area contributed by atoms with Crippen LogP contribution in [0, 0.1) is 5.82 Å². The second-order valence-electron chi connectivity index (χ2n) is 5.11. The summed E-state index contributed by atoms with van der Waals surface area (Å²) in [5.41, 5.74) is 4.44. The van der Waals surface area contributed by atoms with E-state index < -0.39 is 0 Å². The van der Waals surface area contributed by atoms with Crippen LogP contribution in [-0.2, 0) is 13.1 Å². The molecule has 0 atom stereocenters. The highest BCUT2D eigenvalue weighted by atomic mass is 32.1. The summed E-state index contributed by atoms with van der Waals surface area (Å²) in [4.78, 5) is 6.31. The lowest BCUT2D eigenvalue weighted by Crippen LogP contribution is -2.25. The molecule has 2 rings (SSSR count). The first-order valence-electron chi connectivity index (χ1n) is 6.67. The summed E-state index contributed by atoms with van der Waals surface area (Å²) in [6.45, 7) is 5.32. The van der Waals surface area contributed by atoms with Crippen molar-refractivity contribution in [1.29, 1.82) is 0 Å². The summed E-state index contributed by atoms with van der Waals surface area (Å²) in [5.74, 6) is -0.166. The first-order valence-corrected chi connectivity index (χ1v) is 7.61. The summed E-state index contributed by atoms with van der Waals surface area (Å²) in [6.07, 6.45) is 0. The van der Waals surface area contributed by atoms with Crippen LogP contribution in [0.25, 0.3) is 0 Å². The third kappa shape index (κ3) is 3.77. The van der Waals surface area contributed by atoms with E-state index >= 15 is 0 Å². The average molecular weight is 293 g/mol. The fraction of sp³-hybridized carbons (Fsp3) is 0.400. The molecule has 1 aromatic heterocycles. The first kappa shape index (κ1) is 14.9. The van der Waals surface area contributed by atoms with Crippen LogP contribution >= 0.6 is 11.3 Å². The zero-order valence-electron chi connectivity index (χ0n) is 12.1. The molecule has 20 heavy (non-hydrogen) atoms. The Labute approximate surface area is 123 Å². The lowest BCUT2D eigenvalue weighted by molar-refractivity contribution is 0.552. The topological polar surface area (TPSA) is 28.2 Å². The number of halogens is 1. The van der Waals surface area contributed by atoms with E-state index in [1.54, 1.807) is 17.4 Å². The second-order valence-corrected chi connectivity index (χ2v) is 5.83. The van der Waals surface area contributed by atoms with Crippen molar-refractivity contribution >= 4 is 17.0 Å². The quantitative estimate of drug-likeness (QED) is 0.884. The van der Waals surface area contributed by atoms with E-state index in [4.69, 9.17) is 0 Å². The third-order valence-corrected chi connectivity index (χ3v) is 3.71. The molecule has 0 radical (unpaired) electrons. The molecule has 0 fully saturated rings. The van der Waals surface area contributed by atoms with Crippen LogP contribution < -0.4 is 10.2 Å². The molecule has 0 bridgehead atoms. The number of anilines is 1. The molecule has 0 aliphatic carbocycles. The Hall–Kier alpha value is -1.46. The molecule has 0 saturated heterocycles. The second kappa shape index (κ2) is 6.81. The van der Waals surface area contributed by atoms with Crippen molar-refractivity contribution in [1.82, 2.24) is 10.3 Å². The molecule has 3 nitrogen and oxygen atoms in total. The van der Waals surface area contributed by atoms with Gasteiger partial charge in [0.25, 0.3) is 0 Å². The lowest BCUT2D eigenvalue weighted by Gasteiger charge is -2.23. The van der Waals surface area contributed by atoms with Crippen LogP contribution in [0.5, 0.6) is 0 Å².